The molecule has 1 atom stereocenters. The second-order valence-electron chi connectivity index (χ2n) is 5.78. The summed E-state index contributed by atoms with van der Waals surface area (Å²) in [5, 5.41) is 20.5. The monoisotopic (exact) mass is 334 g/mol. The molecular formula is C17H19ClN2O3. The highest BCUT2D eigenvalue weighted by molar-refractivity contribution is 6.30. The Labute approximate surface area is 140 Å². The van der Waals surface area contributed by atoms with Gasteiger partial charge in [-0.2, -0.15) is 0 Å². The van der Waals surface area contributed by atoms with Crippen molar-refractivity contribution in [2.75, 3.05) is 19.7 Å². The summed E-state index contributed by atoms with van der Waals surface area (Å²) in [6.07, 6.45) is 1.17. The van der Waals surface area contributed by atoms with Gasteiger partial charge >= 0.3 is 0 Å². The first kappa shape index (κ1) is 16.1. The Morgan fingerprint density at radius 2 is 2.22 bits per heavy atom. The molecule has 1 aromatic carbocycles. The molecule has 2 aromatic rings. The molecule has 0 saturated heterocycles. The lowest BCUT2D eigenvalue weighted by atomic mass is 10.0. The number of aromatic hydroxyl groups is 1. The number of pyridine rings is 1. The molecule has 0 radical (unpaired) electrons. The molecule has 0 spiro atoms. The van der Waals surface area contributed by atoms with Gasteiger partial charge in [-0.15, -0.1) is 0 Å². The van der Waals surface area contributed by atoms with E-state index >= 15 is 0 Å². The first-order valence-electron chi connectivity index (χ1n) is 7.54. The zero-order valence-corrected chi connectivity index (χ0v) is 13.6. The normalized spacial score (nSPS) is 16.3. The Kier molecular flexibility index (Phi) is 4.71. The van der Waals surface area contributed by atoms with Crippen molar-refractivity contribution in [3.8, 4) is 22.8 Å². The minimum atomic E-state index is -0.411. The quantitative estimate of drug-likeness (QED) is 0.903. The van der Waals surface area contributed by atoms with Crippen LogP contribution in [0.3, 0.4) is 0 Å². The molecule has 2 N–H and O–H groups in total. The van der Waals surface area contributed by atoms with Gasteiger partial charge in [-0.05, 0) is 31.2 Å². The Balaban J connectivity index is 1.95. The summed E-state index contributed by atoms with van der Waals surface area (Å²) in [6, 6.07) is 7.20. The summed E-state index contributed by atoms with van der Waals surface area (Å²) in [4.78, 5) is 6.40. The largest absolute Gasteiger partial charge is 0.504 e. The van der Waals surface area contributed by atoms with Gasteiger partial charge in [0.25, 0.3) is 0 Å². The van der Waals surface area contributed by atoms with E-state index in [9.17, 15) is 10.2 Å². The van der Waals surface area contributed by atoms with Crippen LogP contribution >= 0.6 is 11.6 Å². The van der Waals surface area contributed by atoms with Crippen molar-refractivity contribution >= 4 is 11.6 Å². The molecule has 1 aromatic heterocycles. The van der Waals surface area contributed by atoms with E-state index < -0.39 is 6.10 Å². The summed E-state index contributed by atoms with van der Waals surface area (Å²) >= 11 is 5.87. The maximum absolute atomic E-state index is 10.3. The number of hydrogen-bond donors (Lipinski definition) is 2. The lowest BCUT2D eigenvalue weighted by Gasteiger charge is -2.20. The van der Waals surface area contributed by atoms with Gasteiger partial charge in [-0.3, -0.25) is 9.88 Å². The topological polar surface area (TPSA) is 65.8 Å². The fourth-order valence-electron chi connectivity index (χ4n) is 2.78. The summed E-state index contributed by atoms with van der Waals surface area (Å²) in [6.45, 7) is 4.11. The second kappa shape index (κ2) is 6.74. The predicted octanol–water partition coefficient (Wildman–Crippen LogP) is 2.68. The summed E-state index contributed by atoms with van der Waals surface area (Å²) in [5.41, 5.74) is 2.43. The third-order valence-electron chi connectivity index (χ3n) is 3.74. The van der Waals surface area contributed by atoms with E-state index in [-0.39, 0.29) is 5.75 Å². The molecule has 0 bridgehead atoms. The molecule has 0 unspecified atom stereocenters. The van der Waals surface area contributed by atoms with Gasteiger partial charge in [0, 0.05) is 37.0 Å². The number of phenols is 1. The fraction of sp³-hybridized carbons (Fsp3) is 0.353. The van der Waals surface area contributed by atoms with Crippen molar-refractivity contribution in [3.63, 3.8) is 0 Å². The van der Waals surface area contributed by atoms with E-state index in [2.05, 4.69) is 9.88 Å². The van der Waals surface area contributed by atoms with E-state index in [1.165, 1.54) is 0 Å². The molecule has 6 heteroatoms. The lowest BCUT2D eigenvalue weighted by molar-refractivity contribution is 0.117. The van der Waals surface area contributed by atoms with Gasteiger partial charge in [0.15, 0.2) is 11.5 Å². The standard InChI is InChI=1S/C17H19ClN2O3/c1-11(21)9-20-4-5-23-17-13(10-20)6-12(7-16(17)22)15-3-2-14(18)8-19-15/h2-3,6-8,11,21-22H,4-5,9-10H2,1H3/t11-/m0/s1. The fourth-order valence-corrected chi connectivity index (χ4v) is 2.89. The molecule has 3 rings (SSSR count). The van der Waals surface area contributed by atoms with E-state index in [1.54, 1.807) is 25.3 Å². The first-order chi connectivity index (χ1) is 11.0. The molecule has 2 heterocycles. The molecule has 1 aliphatic heterocycles. The minimum absolute atomic E-state index is 0.105. The van der Waals surface area contributed by atoms with Gasteiger partial charge in [0.2, 0.25) is 0 Å². The SMILES string of the molecule is C[C@H](O)CN1CCOc2c(O)cc(-c3ccc(Cl)cn3)cc2C1. The van der Waals surface area contributed by atoms with Gasteiger partial charge in [-0.25, -0.2) is 0 Å². The van der Waals surface area contributed by atoms with Crippen LogP contribution < -0.4 is 4.74 Å². The van der Waals surface area contributed by atoms with Crippen LogP contribution in [0.25, 0.3) is 11.3 Å². The number of hydrogen-bond acceptors (Lipinski definition) is 5. The molecule has 0 amide bonds. The van der Waals surface area contributed by atoms with E-state index in [0.29, 0.717) is 37.0 Å². The lowest BCUT2D eigenvalue weighted by Crippen LogP contribution is -2.32. The maximum atomic E-state index is 10.3. The number of ether oxygens (including phenoxy) is 1. The van der Waals surface area contributed by atoms with Crippen molar-refractivity contribution < 1.29 is 14.9 Å². The number of rotatable bonds is 3. The summed E-state index contributed by atoms with van der Waals surface area (Å²) < 4.78 is 5.69. The Bertz CT molecular complexity index is 689. The highest BCUT2D eigenvalue weighted by Crippen LogP contribution is 2.37. The van der Waals surface area contributed by atoms with Crippen molar-refractivity contribution in [1.82, 2.24) is 9.88 Å². The van der Waals surface area contributed by atoms with Gasteiger partial charge in [-0.1, -0.05) is 11.6 Å². The van der Waals surface area contributed by atoms with E-state index in [0.717, 1.165) is 16.8 Å². The number of aliphatic hydroxyl groups excluding tert-OH is 1. The molecule has 122 valence electrons. The highest BCUT2D eigenvalue weighted by Gasteiger charge is 2.20. The first-order valence-corrected chi connectivity index (χ1v) is 7.92. The summed E-state index contributed by atoms with van der Waals surface area (Å²) in [5.74, 6) is 0.615. The predicted molar refractivity (Wildman–Crippen MR) is 88.8 cm³/mol. The average molecular weight is 335 g/mol. The molecule has 1 aliphatic rings. The van der Waals surface area contributed by atoms with Crippen LogP contribution in [-0.2, 0) is 6.54 Å². The third-order valence-corrected chi connectivity index (χ3v) is 3.96. The van der Waals surface area contributed by atoms with Gasteiger partial charge in [0.1, 0.15) is 6.61 Å². The smallest absolute Gasteiger partial charge is 0.165 e. The highest BCUT2D eigenvalue weighted by atomic mass is 35.5. The molecule has 5 nitrogen and oxygen atoms in total. The number of halogens is 1. The number of aliphatic hydroxyl groups is 1. The van der Waals surface area contributed by atoms with Crippen molar-refractivity contribution in [3.05, 3.63) is 41.0 Å². The van der Waals surface area contributed by atoms with Crippen LogP contribution in [0.4, 0.5) is 0 Å². The minimum Gasteiger partial charge on any atom is -0.504 e. The van der Waals surface area contributed by atoms with Gasteiger partial charge < -0.3 is 14.9 Å². The van der Waals surface area contributed by atoms with Crippen LogP contribution in [0.5, 0.6) is 11.5 Å². The van der Waals surface area contributed by atoms with Crippen molar-refractivity contribution in [2.45, 2.75) is 19.6 Å². The Morgan fingerprint density at radius 1 is 1.39 bits per heavy atom. The number of fused-ring (bicyclic) bond motifs is 1. The molecular weight excluding hydrogens is 316 g/mol. The zero-order valence-electron chi connectivity index (χ0n) is 12.9. The summed E-state index contributed by atoms with van der Waals surface area (Å²) in [7, 11) is 0. The number of aromatic nitrogens is 1. The van der Waals surface area contributed by atoms with Crippen molar-refractivity contribution in [2.24, 2.45) is 0 Å². The van der Waals surface area contributed by atoms with Crippen LogP contribution in [0, 0.1) is 0 Å². The van der Waals surface area contributed by atoms with Crippen LogP contribution in [0.2, 0.25) is 5.02 Å². The third kappa shape index (κ3) is 3.75. The second-order valence-corrected chi connectivity index (χ2v) is 6.21. The molecule has 0 aliphatic carbocycles. The Morgan fingerprint density at radius 3 is 2.91 bits per heavy atom. The van der Waals surface area contributed by atoms with Crippen LogP contribution in [-0.4, -0.2) is 45.9 Å². The van der Waals surface area contributed by atoms with E-state index in [1.807, 2.05) is 12.1 Å². The molecule has 23 heavy (non-hydrogen) atoms. The van der Waals surface area contributed by atoms with E-state index in [4.69, 9.17) is 16.3 Å². The number of phenolic OH excluding ortho intramolecular Hbond substituents is 1. The van der Waals surface area contributed by atoms with Crippen LogP contribution in [0.15, 0.2) is 30.5 Å². The van der Waals surface area contributed by atoms with Crippen molar-refractivity contribution in [1.29, 1.82) is 0 Å². The number of nitrogens with zero attached hydrogens (tertiary/aromatic N) is 2. The zero-order chi connectivity index (χ0) is 16.4. The maximum Gasteiger partial charge on any atom is 0.165 e. The van der Waals surface area contributed by atoms with Gasteiger partial charge in [0.05, 0.1) is 16.8 Å². The number of β-amino-alcohol motifs (C(OH)–C–C–N with tert-alkyl or cyclic N) is 1. The Hall–Kier alpha value is -1.82. The molecule has 0 fully saturated rings. The number of benzene rings is 1. The van der Waals surface area contributed by atoms with Crippen LogP contribution in [0.1, 0.15) is 12.5 Å². The molecule has 0 saturated carbocycles. The average Bonchev–Trinajstić information content (AvgIpc) is 2.69.